The first-order chi connectivity index (χ1) is 12.5. The third-order valence-corrected chi connectivity index (χ3v) is 4.18. The van der Waals surface area contributed by atoms with Gasteiger partial charge in [-0.1, -0.05) is 41.9 Å². The molecule has 0 aromatic heterocycles. The normalized spacial score (nSPS) is 11.5. The van der Waals surface area contributed by atoms with Crippen LogP contribution >= 0.6 is 11.6 Å². The summed E-state index contributed by atoms with van der Waals surface area (Å²) in [6.45, 7) is 3.89. The molecular weight excluding hydrogens is 354 g/mol. The lowest BCUT2D eigenvalue weighted by atomic mass is 10.1. The van der Waals surface area contributed by atoms with Crippen LogP contribution in [0.15, 0.2) is 48.5 Å². The van der Waals surface area contributed by atoms with Crippen LogP contribution in [0, 0.1) is 0 Å². The van der Waals surface area contributed by atoms with E-state index in [1.165, 1.54) is 12.0 Å². The van der Waals surface area contributed by atoms with E-state index < -0.39 is 12.0 Å². The van der Waals surface area contributed by atoms with Crippen LogP contribution in [-0.2, 0) is 16.1 Å². The second-order valence-corrected chi connectivity index (χ2v) is 6.13. The van der Waals surface area contributed by atoms with Gasteiger partial charge in [0.25, 0.3) is 5.91 Å². The molecule has 1 amide bonds. The summed E-state index contributed by atoms with van der Waals surface area (Å²) in [5, 5.41) is 0.414. The van der Waals surface area contributed by atoms with Crippen LogP contribution in [0.3, 0.4) is 0 Å². The Morgan fingerprint density at radius 2 is 1.85 bits per heavy atom. The average Bonchev–Trinajstić information content (AvgIpc) is 2.66. The number of carbonyl (C=O) groups is 2. The Labute approximate surface area is 158 Å². The number of carbonyl (C=O) groups excluding carboxylic acids is 2. The summed E-state index contributed by atoms with van der Waals surface area (Å²) < 4.78 is 10.4. The number of esters is 1. The highest BCUT2D eigenvalue weighted by Gasteiger charge is 2.29. The lowest BCUT2D eigenvalue weighted by Gasteiger charge is -2.28. The van der Waals surface area contributed by atoms with Crippen molar-refractivity contribution in [1.82, 2.24) is 4.90 Å². The minimum atomic E-state index is -0.758. The van der Waals surface area contributed by atoms with E-state index in [0.29, 0.717) is 16.3 Å². The number of benzene rings is 2. The number of nitrogens with zero attached hydrogens (tertiary/aromatic N) is 1. The number of hydrogen-bond donors (Lipinski definition) is 0. The van der Waals surface area contributed by atoms with E-state index in [1.807, 2.05) is 30.3 Å². The standard InChI is InChI=1S/C20H22ClNO4/c1-4-26-20(24)14(2)22(13-15-8-6-5-7-9-15)19(23)17-12-16(21)10-11-18(17)25-3/h5-12,14H,4,13H2,1-3H3. The van der Waals surface area contributed by atoms with Crippen LogP contribution < -0.4 is 4.74 Å². The molecule has 0 bridgehead atoms. The molecule has 138 valence electrons. The van der Waals surface area contributed by atoms with E-state index in [0.717, 1.165) is 5.56 Å². The molecule has 0 aliphatic heterocycles. The van der Waals surface area contributed by atoms with Gasteiger partial charge in [0.15, 0.2) is 0 Å². The van der Waals surface area contributed by atoms with Gasteiger partial charge in [0.1, 0.15) is 11.8 Å². The van der Waals surface area contributed by atoms with E-state index in [4.69, 9.17) is 21.1 Å². The molecule has 0 radical (unpaired) electrons. The molecule has 26 heavy (non-hydrogen) atoms. The summed E-state index contributed by atoms with van der Waals surface area (Å²) in [6, 6.07) is 13.5. The minimum Gasteiger partial charge on any atom is -0.496 e. The van der Waals surface area contributed by atoms with Gasteiger partial charge in [-0.3, -0.25) is 4.79 Å². The molecule has 1 atom stereocenters. The van der Waals surface area contributed by atoms with E-state index in [-0.39, 0.29) is 19.1 Å². The van der Waals surface area contributed by atoms with Gasteiger partial charge in [-0.15, -0.1) is 0 Å². The number of rotatable bonds is 7. The van der Waals surface area contributed by atoms with Crippen LogP contribution in [0.25, 0.3) is 0 Å². The maximum absolute atomic E-state index is 13.2. The first kappa shape index (κ1) is 19.8. The minimum absolute atomic E-state index is 0.247. The van der Waals surface area contributed by atoms with Crippen LogP contribution in [0.5, 0.6) is 5.75 Å². The first-order valence-electron chi connectivity index (χ1n) is 8.33. The van der Waals surface area contributed by atoms with Crippen molar-refractivity contribution in [2.75, 3.05) is 13.7 Å². The Bertz CT molecular complexity index is 764. The van der Waals surface area contributed by atoms with Crippen molar-refractivity contribution >= 4 is 23.5 Å². The van der Waals surface area contributed by atoms with Crippen molar-refractivity contribution in [3.05, 3.63) is 64.7 Å². The Kier molecular flexibility index (Phi) is 7.04. The zero-order valence-corrected chi connectivity index (χ0v) is 15.8. The van der Waals surface area contributed by atoms with Crippen LogP contribution in [0.2, 0.25) is 5.02 Å². The highest BCUT2D eigenvalue weighted by Crippen LogP contribution is 2.26. The van der Waals surface area contributed by atoms with Gasteiger partial charge in [-0.05, 0) is 37.6 Å². The molecule has 6 heteroatoms. The van der Waals surface area contributed by atoms with Crippen LogP contribution in [-0.4, -0.2) is 36.5 Å². The van der Waals surface area contributed by atoms with Crippen LogP contribution in [0.1, 0.15) is 29.8 Å². The molecule has 0 heterocycles. The largest absolute Gasteiger partial charge is 0.496 e. The number of amides is 1. The van der Waals surface area contributed by atoms with E-state index in [9.17, 15) is 9.59 Å². The topological polar surface area (TPSA) is 55.8 Å². The summed E-state index contributed by atoms with van der Waals surface area (Å²) in [5.41, 5.74) is 1.20. The summed E-state index contributed by atoms with van der Waals surface area (Å²) in [6.07, 6.45) is 0. The van der Waals surface area contributed by atoms with Gasteiger partial charge in [0, 0.05) is 11.6 Å². The fourth-order valence-electron chi connectivity index (χ4n) is 2.56. The molecule has 0 aliphatic rings. The molecule has 2 aromatic rings. The highest BCUT2D eigenvalue weighted by atomic mass is 35.5. The molecule has 1 unspecified atom stereocenters. The number of methoxy groups -OCH3 is 1. The predicted molar refractivity (Wildman–Crippen MR) is 100 cm³/mol. The fourth-order valence-corrected chi connectivity index (χ4v) is 2.73. The number of hydrogen-bond acceptors (Lipinski definition) is 4. The molecule has 2 rings (SSSR count). The van der Waals surface area contributed by atoms with Crippen LogP contribution in [0.4, 0.5) is 0 Å². The van der Waals surface area contributed by atoms with Crippen molar-refractivity contribution in [2.24, 2.45) is 0 Å². The summed E-state index contributed by atoms with van der Waals surface area (Å²) >= 11 is 6.06. The maximum Gasteiger partial charge on any atom is 0.328 e. The van der Waals surface area contributed by atoms with Crippen molar-refractivity contribution in [3.63, 3.8) is 0 Å². The SMILES string of the molecule is CCOC(=O)C(C)N(Cc1ccccc1)C(=O)c1cc(Cl)ccc1OC. The number of halogens is 1. The second kappa shape index (κ2) is 9.25. The van der Waals surface area contributed by atoms with E-state index >= 15 is 0 Å². The van der Waals surface area contributed by atoms with Gasteiger partial charge in [0.05, 0.1) is 19.3 Å². The lowest BCUT2D eigenvalue weighted by molar-refractivity contribution is -0.148. The van der Waals surface area contributed by atoms with Gasteiger partial charge >= 0.3 is 5.97 Å². The quantitative estimate of drug-likeness (QED) is 0.688. The van der Waals surface area contributed by atoms with E-state index in [2.05, 4.69) is 0 Å². The fraction of sp³-hybridized carbons (Fsp3) is 0.300. The van der Waals surface area contributed by atoms with Crippen molar-refractivity contribution in [3.8, 4) is 5.75 Å². The summed E-state index contributed by atoms with van der Waals surface area (Å²) in [4.78, 5) is 26.9. The molecule has 0 fully saturated rings. The predicted octanol–water partition coefficient (Wildman–Crippen LogP) is 3.94. The van der Waals surface area contributed by atoms with E-state index in [1.54, 1.807) is 32.0 Å². The van der Waals surface area contributed by atoms with Crippen molar-refractivity contribution in [1.29, 1.82) is 0 Å². The zero-order chi connectivity index (χ0) is 19.1. The monoisotopic (exact) mass is 375 g/mol. The van der Waals surface area contributed by atoms with Gasteiger partial charge < -0.3 is 14.4 Å². The lowest BCUT2D eigenvalue weighted by Crippen LogP contribution is -2.43. The van der Waals surface area contributed by atoms with Crippen molar-refractivity contribution in [2.45, 2.75) is 26.4 Å². The third kappa shape index (κ3) is 4.76. The molecule has 0 saturated heterocycles. The molecule has 0 aliphatic carbocycles. The molecule has 0 N–H and O–H groups in total. The third-order valence-electron chi connectivity index (χ3n) is 3.94. The molecule has 2 aromatic carbocycles. The Hall–Kier alpha value is -2.53. The van der Waals surface area contributed by atoms with Crippen molar-refractivity contribution < 1.29 is 19.1 Å². The first-order valence-corrected chi connectivity index (χ1v) is 8.70. The molecular formula is C20H22ClNO4. The Morgan fingerprint density at radius 3 is 2.46 bits per heavy atom. The van der Waals surface area contributed by atoms with Gasteiger partial charge in [-0.25, -0.2) is 4.79 Å². The Morgan fingerprint density at radius 1 is 1.15 bits per heavy atom. The highest BCUT2D eigenvalue weighted by molar-refractivity contribution is 6.31. The Balaban J connectivity index is 2.40. The molecule has 5 nitrogen and oxygen atoms in total. The summed E-state index contributed by atoms with van der Waals surface area (Å²) in [5.74, 6) is -0.417. The number of ether oxygens (including phenoxy) is 2. The second-order valence-electron chi connectivity index (χ2n) is 5.69. The molecule has 0 spiro atoms. The maximum atomic E-state index is 13.2. The van der Waals surface area contributed by atoms with Gasteiger partial charge in [0.2, 0.25) is 0 Å². The smallest absolute Gasteiger partial charge is 0.328 e. The molecule has 0 saturated carbocycles. The average molecular weight is 376 g/mol. The zero-order valence-electron chi connectivity index (χ0n) is 15.1. The summed E-state index contributed by atoms with van der Waals surface area (Å²) in [7, 11) is 1.48. The van der Waals surface area contributed by atoms with Gasteiger partial charge in [-0.2, -0.15) is 0 Å².